The maximum atomic E-state index is 13.6. The van der Waals surface area contributed by atoms with Crippen molar-refractivity contribution in [1.29, 1.82) is 0 Å². The maximum Gasteiger partial charge on any atom is 0.318 e. The van der Waals surface area contributed by atoms with Gasteiger partial charge in [-0.2, -0.15) is 5.10 Å². The van der Waals surface area contributed by atoms with E-state index in [1.807, 2.05) is 0 Å². The molecule has 7 nitrogen and oxygen atoms in total. The first kappa shape index (κ1) is 21.2. The van der Waals surface area contributed by atoms with Crippen molar-refractivity contribution in [3.63, 3.8) is 0 Å². The number of fused-ring (bicyclic) bond motifs is 3. The van der Waals surface area contributed by atoms with Gasteiger partial charge in [-0.25, -0.2) is 9.18 Å². The van der Waals surface area contributed by atoms with Gasteiger partial charge in [0.05, 0.1) is 29.4 Å². The van der Waals surface area contributed by atoms with Gasteiger partial charge in [-0.05, 0) is 43.4 Å². The highest BCUT2D eigenvalue weighted by molar-refractivity contribution is 6.31. The number of aromatic nitrogens is 2. The summed E-state index contributed by atoms with van der Waals surface area (Å²) in [5.41, 5.74) is 7.32. The third-order valence-corrected chi connectivity index (χ3v) is 7.58. The Balaban J connectivity index is 1.40. The average Bonchev–Trinajstić information content (AvgIpc) is 3.14. The molecule has 9 heteroatoms. The smallest absolute Gasteiger partial charge is 0.318 e. The van der Waals surface area contributed by atoms with Crippen molar-refractivity contribution >= 4 is 23.5 Å². The topological polar surface area (TPSA) is 93.2 Å². The first-order chi connectivity index (χ1) is 15.3. The molecule has 170 valence electrons. The number of carbonyl (C=O) groups excluding carboxylic acids is 2. The van der Waals surface area contributed by atoms with Gasteiger partial charge in [0, 0.05) is 17.6 Å². The molecule has 3 amide bonds. The average molecular weight is 460 g/mol. The summed E-state index contributed by atoms with van der Waals surface area (Å²) in [6.07, 6.45) is 7.97. The van der Waals surface area contributed by atoms with E-state index in [9.17, 15) is 14.0 Å². The lowest BCUT2D eigenvalue weighted by Crippen LogP contribution is -2.57. The summed E-state index contributed by atoms with van der Waals surface area (Å²) in [5.74, 6) is -0.466. The van der Waals surface area contributed by atoms with Gasteiger partial charge in [0.1, 0.15) is 11.5 Å². The van der Waals surface area contributed by atoms with E-state index >= 15 is 0 Å². The number of amides is 3. The van der Waals surface area contributed by atoms with Gasteiger partial charge < -0.3 is 16.0 Å². The van der Waals surface area contributed by atoms with Crippen LogP contribution in [0, 0.1) is 11.7 Å². The number of rotatable bonds is 3. The summed E-state index contributed by atoms with van der Waals surface area (Å²) in [6.45, 7) is 1.18. The van der Waals surface area contributed by atoms with Gasteiger partial charge in [-0.15, -0.1) is 0 Å². The van der Waals surface area contributed by atoms with Crippen LogP contribution in [0.4, 0.5) is 9.18 Å². The van der Waals surface area contributed by atoms with Crippen molar-refractivity contribution < 1.29 is 14.0 Å². The zero-order chi connectivity index (χ0) is 22.5. The number of primary amides is 1. The lowest BCUT2D eigenvalue weighted by atomic mass is 9.67. The van der Waals surface area contributed by atoms with Crippen molar-refractivity contribution in [2.75, 3.05) is 6.54 Å². The fourth-order valence-corrected chi connectivity index (χ4v) is 5.95. The van der Waals surface area contributed by atoms with Gasteiger partial charge in [0.15, 0.2) is 0 Å². The summed E-state index contributed by atoms with van der Waals surface area (Å²) in [7, 11) is 0. The van der Waals surface area contributed by atoms with E-state index in [0.29, 0.717) is 36.0 Å². The quantitative estimate of drug-likeness (QED) is 0.724. The number of benzene rings is 1. The molecule has 2 saturated carbocycles. The van der Waals surface area contributed by atoms with Crippen molar-refractivity contribution in [3.8, 4) is 11.3 Å². The summed E-state index contributed by atoms with van der Waals surface area (Å²) >= 11 is 5.93. The van der Waals surface area contributed by atoms with Gasteiger partial charge in [0.25, 0.3) is 5.91 Å². The Morgan fingerprint density at radius 3 is 2.66 bits per heavy atom. The largest absolute Gasteiger partial charge is 0.365 e. The molecule has 5 rings (SSSR count). The number of hydrogen-bond acceptors (Lipinski definition) is 3. The maximum absolute atomic E-state index is 13.6. The molecule has 2 aliphatic carbocycles. The Morgan fingerprint density at radius 1 is 1.22 bits per heavy atom. The van der Waals surface area contributed by atoms with Crippen LogP contribution < -0.4 is 11.1 Å². The van der Waals surface area contributed by atoms with Crippen LogP contribution in [0.3, 0.4) is 0 Å². The van der Waals surface area contributed by atoms with Crippen LogP contribution in [-0.2, 0) is 13.1 Å². The molecular formula is C23H27ClFN5O2. The second-order valence-corrected chi connectivity index (χ2v) is 9.78. The summed E-state index contributed by atoms with van der Waals surface area (Å²) in [6, 6.07) is 4.10. The zero-order valence-electron chi connectivity index (χ0n) is 17.9. The Kier molecular flexibility index (Phi) is 5.35. The highest BCUT2D eigenvalue weighted by Gasteiger charge is 2.41. The SMILES string of the molecule is NC(=O)c1c(-c2ccc(F)c(Cl)c2)nn2c1CN(C(=O)NC13CCCC(CCC1)C3)CC2. The molecule has 0 radical (unpaired) electrons. The Labute approximate surface area is 191 Å². The third-order valence-electron chi connectivity index (χ3n) is 7.29. The number of nitrogens with two attached hydrogens (primary N) is 1. The van der Waals surface area contributed by atoms with Gasteiger partial charge >= 0.3 is 6.03 Å². The molecule has 0 atom stereocenters. The molecule has 2 heterocycles. The van der Waals surface area contributed by atoms with E-state index in [1.54, 1.807) is 9.58 Å². The highest BCUT2D eigenvalue weighted by atomic mass is 35.5. The van der Waals surface area contributed by atoms with E-state index < -0.39 is 11.7 Å². The number of nitrogens with one attached hydrogen (secondary N) is 1. The lowest BCUT2D eigenvalue weighted by Gasteiger charge is -2.46. The van der Waals surface area contributed by atoms with Crippen LogP contribution >= 0.6 is 11.6 Å². The summed E-state index contributed by atoms with van der Waals surface area (Å²) < 4.78 is 15.3. The second-order valence-electron chi connectivity index (χ2n) is 9.37. The van der Waals surface area contributed by atoms with Crippen LogP contribution in [-0.4, -0.2) is 38.7 Å². The van der Waals surface area contributed by atoms with E-state index in [2.05, 4.69) is 10.4 Å². The van der Waals surface area contributed by atoms with E-state index in [-0.39, 0.29) is 28.7 Å². The molecule has 2 bridgehead atoms. The Morgan fingerprint density at radius 2 is 1.97 bits per heavy atom. The second kappa shape index (κ2) is 8.06. The van der Waals surface area contributed by atoms with Gasteiger partial charge in [-0.3, -0.25) is 9.48 Å². The van der Waals surface area contributed by atoms with Crippen molar-refractivity contribution in [2.24, 2.45) is 11.7 Å². The number of nitrogens with zero attached hydrogens (tertiary/aromatic N) is 3. The molecular weight excluding hydrogens is 433 g/mol. The summed E-state index contributed by atoms with van der Waals surface area (Å²) in [4.78, 5) is 27.3. The number of hydrogen-bond donors (Lipinski definition) is 2. The van der Waals surface area contributed by atoms with E-state index in [1.165, 1.54) is 31.0 Å². The molecule has 3 aliphatic rings. The number of urea groups is 1. The van der Waals surface area contributed by atoms with Crippen LogP contribution in [0.1, 0.15) is 61.0 Å². The van der Waals surface area contributed by atoms with Crippen LogP contribution in [0.15, 0.2) is 18.2 Å². The van der Waals surface area contributed by atoms with Crippen LogP contribution in [0.5, 0.6) is 0 Å². The monoisotopic (exact) mass is 459 g/mol. The first-order valence-corrected chi connectivity index (χ1v) is 11.6. The number of halogens is 2. The fourth-order valence-electron chi connectivity index (χ4n) is 5.77. The Hall–Kier alpha value is -2.61. The van der Waals surface area contributed by atoms with Crippen LogP contribution in [0.2, 0.25) is 5.02 Å². The van der Waals surface area contributed by atoms with E-state index in [4.69, 9.17) is 17.3 Å². The van der Waals surface area contributed by atoms with Gasteiger partial charge in [0.2, 0.25) is 0 Å². The lowest BCUT2D eigenvalue weighted by molar-refractivity contribution is 0.0990. The molecule has 2 aromatic rings. The highest BCUT2D eigenvalue weighted by Crippen LogP contribution is 2.43. The molecule has 1 aromatic heterocycles. The first-order valence-electron chi connectivity index (χ1n) is 11.3. The Bertz CT molecular complexity index is 1070. The van der Waals surface area contributed by atoms with Crippen molar-refractivity contribution in [1.82, 2.24) is 20.0 Å². The molecule has 3 N–H and O–H groups in total. The molecule has 0 spiro atoms. The standard InChI is InChI=1S/C23H27ClFN5O2/c24-16-11-15(5-6-17(16)25)20-19(21(26)31)18-13-29(9-10-30(18)28-20)22(32)27-23-7-1-3-14(12-23)4-2-8-23/h5-6,11,14H,1-4,7-10,12-13H2,(H2,26,31)(H,27,32). The van der Waals surface area contributed by atoms with Crippen molar-refractivity contribution in [3.05, 3.63) is 40.3 Å². The van der Waals surface area contributed by atoms with Crippen LogP contribution in [0.25, 0.3) is 11.3 Å². The molecule has 32 heavy (non-hydrogen) atoms. The predicted molar refractivity (Wildman–Crippen MR) is 119 cm³/mol. The molecule has 1 aromatic carbocycles. The fraction of sp³-hybridized carbons (Fsp3) is 0.522. The zero-order valence-corrected chi connectivity index (χ0v) is 18.6. The molecule has 0 unspecified atom stereocenters. The predicted octanol–water partition coefficient (Wildman–Crippen LogP) is 4.08. The number of carbonyl (C=O) groups is 2. The van der Waals surface area contributed by atoms with E-state index in [0.717, 1.165) is 32.1 Å². The minimum Gasteiger partial charge on any atom is -0.365 e. The van der Waals surface area contributed by atoms with Crippen molar-refractivity contribution in [2.45, 2.75) is 63.6 Å². The molecule has 0 saturated heterocycles. The normalized spacial score (nSPS) is 24.7. The minimum atomic E-state index is -0.634. The van der Waals surface area contributed by atoms with Gasteiger partial charge in [-0.1, -0.05) is 37.3 Å². The molecule has 1 aliphatic heterocycles. The summed E-state index contributed by atoms with van der Waals surface area (Å²) in [5, 5.41) is 7.84. The molecule has 2 fully saturated rings. The third kappa shape index (κ3) is 3.74. The minimum absolute atomic E-state index is 0.0533.